The largest absolute Gasteiger partial charge is 0.490 e. The molecular formula is C26H20FNO4. The topological polar surface area (TPSA) is 68.5 Å². The highest BCUT2D eigenvalue weighted by Gasteiger charge is 2.24. The number of carbonyl (C=O) groups excluding carboxylic acids is 2. The molecule has 1 heterocycles. The van der Waals surface area contributed by atoms with Crippen molar-refractivity contribution < 1.29 is 23.1 Å². The molecule has 6 heteroatoms. The van der Waals surface area contributed by atoms with E-state index in [1.54, 1.807) is 61.5 Å². The first-order chi connectivity index (χ1) is 15.5. The van der Waals surface area contributed by atoms with Gasteiger partial charge in [-0.2, -0.15) is 0 Å². The highest BCUT2D eigenvalue weighted by atomic mass is 19.1. The van der Waals surface area contributed by atoms with E-state index in [1.807, 2.05) is 0 Å². The highest BCUT2D eigenvalue weighted by molar-refractivity contribution is 6.18. The number of rotatable bonds is 7. The standard InChI is InChI=1S/C26H20FNO4/c1-3-14-31-19-12-10-17(11-13-19)26(30)28-23-20-6-4-5-7-22(20)32-25(23)24(29)18-9-8-16(2)21(27)15-18/h3-13,15H,1,14H2,2H3,(H,28,30). The Morgan fingerprint density at radius 3 is 2.50 bits per heavy atom. The number of anilines is 1. The summed E-state index contributed by atoms with van der Waals surface area (Å²) in [5.74, 6) is -0.892. The minimum absolute atomic E-state index is 0.0614. The molecule has 32 heavy (non-hydrogen) atoms. The Balaban J connectivity index is 1.68. The summed E-state index contributed by atoms with van der Waals surface area (Å²) in [6.45, 7) is 5.57. The van der Waals surface area contributed by atoms with Crippen molar-refractivity contribution in [3.63, 3.8) is 0 Å². The van der Waals surface area contributed by atoms with Crippen molar-refractivity contribution in [2.75, 3.05) is 11.9 Å². The third-order valence-corrected chi connectivity index (χ3v) is 4.96. The van der Waals surface area contributed by atoms with Crippen LogP contribution in [-0.4, -0.2) is 18.3 Å². The molecule has 0 bridgehead atoms. The van der Waals surface area contributed by atoms with E-state index in [9.17, 15) is 14.0 Å². The predicted octanol–water partition coefficient (Wildman–Crippen LogP) is 5.93. The zero-order chi connectivity index (χ0) is 22.7. The second kappa shape index (κ2) is 8.89. The van der Waals surface area contributed by atoms with E-state index in [-0.39, 0.29) is 17.0 Å². The summed E-state index contributed by atoms with van der Waals surface area (Å²) < 4.78 is 25.2. The number of aryl methyl sites for hydroxylation is 1. The molecular weight excluding hydrogens is 409 g/mol. The van der Waals surface area contributed by atoms with Crippen molar-refractivity contribution in [3.05, 3.63) is 108 Å². The number of furan rings is 1. The first-order valence-electron chi connectivity index (χ1n) is 9.95. The normalized spacial score (nSPS) is 10.7. The molecule has 0 aliphatic rings. The number of nitrogens with one attached hydrogen (secondary N) is 1. The van der Waals surface area contributed by atoms with Gasteiger partial charge in [0.25, 0.3) is 5.91 Å². The van der Waals surface area contributed by atoms with E-state index >= 15 is 0 Å². The van der Waals surface area contributed by atoms with Gasteiger partial charge in [0.05, 0.1) is 5.69 Å². The average molecular weight is 429 g/mol. The van der Waals surface area contributed by atoms with Gasteiger partial charge in [0.15, 0.2) is 5.76 Å². The van der Waals surface area contributed by atoms with Crippen LogP contribution in [-0.2, 0) is 0 Å². The first-order valence-corrected chi connectivity index (χ1v) is 9.95. The summed E-state index contributed by atoms with van der Waals surface area (Å²) >= 11 is 0. The zero-order valence-corrected chi connectivity index (χ0v) is 17.4. The number of fused-ring (bicyclic) bond motifs is 1. The van der Waals surface area contributed by atoms with Crippen molar-refractivity contribution in [3.8, 4) is 5.75 Å². The van der Waals surface area contributed by atoms with Crippen LogP contribution in [0.1, 0.15) is 32.0 Å². The summed E-state index contributed by atoms with van der Waals surface area (Å²) in [5, 5.41) is 3.36. The molecule has 160 valence electrons. The fourth-order valence-corrected chi connectivity index (χ4v) is 3.24. The predicted molar refractivity (Wildman–Crippen MR) is 121 cm³/mol. The van der Waals surface area contributed by atoms with Gasteiger partial charge >= 0.3 is 0 Å². The van der Waals surface area contributed by atoms with Crippen molar-refractivity contribution >= 4 is 28.3 Å². The molecule has 4 rings (SSSR count). The number of ketones is 1. The van der Waals surface area contributed by atoms with Gasteiger partial charge in [-0.25, -0.2) is 4.39 Å². The van der Waals surface area contributed by atoms with Gasteiger partial charge in [0, 0.05) is 16.5 Å². The molecule has 4 aromatic rings. The van der Waals surface area contributed by atoms with E-state index in [2.05, 4.69) is 11.9 Å². The Labute approximate surface area is 184 Å². The molecule has 0 atom stereocenters. The van der Waals surface area contributed by atoms with Crippen LogP contribution in [0.2, 0.25) is 0 Å². The Morgan fingerprint density at radius 1 is 1.06 bits per heavy atom. The molecule has 0 fully saturated rings. The number of hydrogen-bond donors (Lipinski definition) is 1. The van der Waals surface area contributed by atoms with Gasteiger partial charge in [-0.3, -0.25) is 9.59 Å². The van der Waals surface area contributed by atoms with Gasteiger partial charge in [-0.05, 0) is 55.0 Å². The lowest BCUT2D eigenvalue weighted by molar-refractivity contribution is 0.101. The minimum atomic E-state index is -0.524. The number of hydrogen-bond acceptors (Lipinski definition) is 4. The van der Waals surface area contributed by atoms with Crippen LogP contribution in [0.5, 0.6) is 5.75 Å². The highest BCUT2D eigenvalue weighted by Crippen LogP contribution is 2.33. The number of carbonyl (C=O) groups is 2. The van der Waals surface area contributed by atoms with Crippen molar-refractivity contribution in [2.24, 2.45) is 0 Å². The minimum Gasteiger partial charge on any atom is -0.490 e. The number of para-hydroxylation sites is 1. The maximum absolute atomic E-state index is 14.0. The molecule has 3 aromatic carbocycles. The van der Waals surface area contributed by atoms with E-state index in [4.69, 9.17) is 9.15 Å². The molecule has 0 unspecified atom stereocenters. The third kappa shape index (κ3) is 4.16. The van der Waals surface area contributed by atoms with E-state index in [1.165, 1.54) is 18.2 Å². The van der Waals surface area contributed by atoms with Gasteiger partial charge < -0.3 is 14.5 Å². The van der Waals surface area contributed by atoms with Crippen molar-refractivity contribution in [1.82, 2.24) is 0 Å². The second-order valence-corrected chi connectivity index (χ2v) is 7.17. The number of benzene rings is 3. The molecule has 5 nitrogen and oxygen atoms in total. The number of halogens is 1. The molecule has 0 saturated carbocycles. The fourth-order valence-electron chi connectivity index (χ4n) is 3.24. The van der Waals surface area contributed by atoms with E-state index in [0.29, 0.717) is 34.5 Å². The summed E-state index contributed by atoms with van der Waals surface area (Å²) in [6.07, 6.45) is 1.63. The van der Waals surface area contributed by atoms with E-state index in [0.717, 1.165) is 0 Å². The molecule has 1 N–H and O–H groups in total. The van der Waals surface area contributed by atoms with Crippen molar-refractivity contribution in [2.45, 2.75) is 6.92 Å². The van der Waals surface area contributed by atoms with Crippen LogP contribution in [0.4, 0.5) is 10.1 Å². The molecule has 0 saturated heterocycles. The van der Waals surface area contributed by atoms with Crippen LogP contribution in [0, 0.1) is 12.7 Å². The van der Waals surface area contributed by atoms with Crippen LogP contribution in [0.25, 0.3) is 11.0 Å². The lowest BCUT2D eigenvalue weighted by Crippen LogP contribution is -2.14. The molecule has 1 aromatic heterocycles. The number of ether oxygens (including phenoxy) is 1. The molecule has 0 aliphatic carbocycles. The molecule has 0 radical (unpaired) electrons. The smallest absolute Gasteiger partial charge is 0.255 e. The monoisotopic (exact) mass is 429 g/mol. The summed E-state index contributed by atoms with van der Waals surface area (Å²) in [5.41, 5.74) is 1.61. The maximum atomic E-state index is 14.0. The average Bonchev–Trinajstić information content (AvgIpc) is 3.17. The molecule has 0 aliphatic heterocycles. The summed E-state index contributed by atoms with van der Waals surface area (Å²) in [6, 6.07) is 17.8. The number of amides is 1. The fraction of sp³-hybridized carbons (Fsp3) is 0.0769. The van der Waals surface area contributed by atoms with Gasteiger partial charge in [-0.15, -0.1) is 0 Å². The summed E-state index contributed by atoms with van der Waals surface area (Å²) in [7, 11) is 0. The Morgan fingerprint density at radius 2 is 1.78 bits per heavy atom. The van der Waals surface area contributed by atoms with E-state index < -0.39 is 17.5 Å². The lowest BCUT2D eigenvalue weighted by Gasteiger charge is -2.08. The second-order valence-electron chi connectivity index (χ2n) is 7.17. The van der Waals surface area contributed by atoms with Crippen LogP contribution in [0.15, 0.2) is 83.8 Å². The quantitative estimate of drug-likeness (QED) is 0.292. The van der Waals surface area contributed by atoms with Crippen LogP contribution >= 0.6 is 0 Å². The van der Waals surface area contributed by atoms with Gasteiger partial charge in [-0.1, -0.05) is 36.9 Å². The molecule has 1 amide bonds. The first kappa shape index (κ1) is 21.1. The zero-order valence-electron chi connectivity index (χ0n) is 17.4. The Kier molecular flexibility index (Phi) is 5.85. The Bertz CT molecular complexity index is 1320. The van der Waals surface area contributed by atoms with Crippen LogP contribution < -0.4 is 10.1 Å². The van der Waals surface area contributed by atoms with Gasteiger partial charge in [0.2, 0.25) is 5.78 Å². The van der Waals surface area contributed by atoms with Crippen LogP contribution in [0.3, 0.4) is 0 Å². The molecule has 0 spiro atoms. The maximum Gasteiger partial charge on any atom is 0.255 e. The Hall–Kier alpha value is -4.19. The third-order valence-electron chi connectivity index (χ3n) is 4.96. The van der Waals surface area contributed by atoms with Crippen molar-refractivity contribution in [1.29, 1.82) is 0 Å². The SMILES string of the molecule is C=CCOc1ccc(C(=O)Nc2c(C(=O)c3ccc(C)c(F)c3)oc3ccccc23)cc1. The van der Waals surface area contributed by atoms with Gasteiger partial charge in [0.1, 0.15) is 23.8 Å². The summed E-state index contributed by atoms with van der Waals surface area (Å²) in [4.78, 5) is 26.0. The lowest BCUT2D eigenvalue weighted by atomic mass is 10.0.